The van der Waals surface area contributed by atoms with Crippen LogP contribution in [0.1, 0.15) is 70.3 Å². The smallest absolute Gasteiger partial charge is 0.335 e. The van der Waals surface area contributed by atoms with E-state index < -0.39 is 12.6 Å². The van der Waals surface area contributed by atoms with Gasteiger partial charge < -0.3 is 14.6 Å². The minimum atomic E-state index is -0.592. The second-order valence-corrected chi connectivity index (χ2v) is 10.2. The maximum atomic E-state index is 12.6. The van der Waals surface area contributed by atoms with Gasteiger partial charge in [0, 0.05) is 5.92 Å². The molecule has 3 rings (SSSR count). The number of hydrogen-bond donors (Lipinski definition) is 1. The first kappa shape index (κ1) is 25.5. The monoisotopic (exact) mass is 456 g/mol. The second-order valence-electron chi connectivity index (χ2n) is 10.2. The zero-order valence-electron chi connectivity index (χ0n) is 20.0. The lowest BCUT2D eigenvalue weighted by Gasteiger charge is -2.39. The van der Waals surface area contributed by atoms with Crippen molar-refractivity contribution in [2.24, 2.45) is 29.6 Å². The highest BCUT2D eigenvalue weighted by Crippen LogP contribution is 2.43. The van der Waals surface area contributed by atoms with Gasteiger partial charge in [-0.05, 0) is 67.8 Å². The van der Waals surface area contributed by atoms with Gasteiger partial charge >= 0.3 is 11.9 Å². The van der Waals surface area contributed by atoms with E-state index in [2.05, 4.69) is 13.5 Å². The van der Waals surface area contributed by atoms with Gasteiger partial charge in [0.25, 0.3) is 0 Å². The highest BCUT2D eigenvalue weighted by Gasteiger charge is 2.34. The molecule has 0 spiro atoms. The molecule has 2 saturated carbocycles. The van der Waals surface area contributed by atoms with Crippen molar-refractivity contribution in [2.45, 2.75) is 71.3 Å². The summed E-state index contributed by atoms with van der Waals surface area (Å²) in [6.45, 7) is 5.89. The lowest BCUT2D eigenvalue weighted by atomic mass is 9.67. The van der Waals surface area contributed by atoms with Crippen molar-refractivity contribution in [2.75, 3.05) is 13.2 Å². The highest BCUT2D eigenvalue weighted by molar-refractivity contribution is 5.87. The second kappa shape index (κ2) is 12.9. The minimum absolute atomic E-state index is 0.0376. The summed E-state index contributed by atoms with van der Waals surface area (Å²) >= 11 is 0. The van der Waals surface area contributed by atoms with Crippen molar-refractivity contribution < 1.29 is 24.2 Å². The number of hydrogen-bond acceptors (Lipinski definition) is 5. The van der Waals surface area contributed by atoms with Crippen LogP contribution in [0.3, 0.4) is 0 Å². The first-order valence-electron chi connectivity index (χ1n) is 12.6. The molecule has 2 fully saturated rings. The molecule has 33 heavy (non-hydrogen) atoms. The summed E-state index contributed by atoms with van der Waals surface area (Å²) in [7, 11) is 0. The molecule has 5 nitrogen and oxygen atoms in total. The number of aliphatic hydroxyl groups excluding tert-OH is 1. The molecule has 0 aliphatic heterocycles. The van der Waals surface area contributed by atoms with Crippen LogP contribution in [0.2, 0.25) is 0 Å². The Kier molecular flexibility index (Phi) is 9.98. The van der Waals surface area contributed by atoms with Crippen LogP contribution in [-0.4, -0.2) is 30.3 Å². The Labute approximate surface area is 198 Å². The molecule has 0 radical (unpaired) electrons. The summed E-state index contributed by atoms with van der Waals surface area (Å²) in [6, 6.07) is 9.64. The number of aliphatic hydroxyl groups is 1. The fourth-order valence-corrected chi connectivity index (χ4v) is 5.57. The molecule has 2 aliphatic carbocycles. The van der Waals surface area contributed by atoms with Gasteiger partial charge in [0.1, 0.15) is 6.61 Å². The van der Waals surface area contributed by atoms with Crippen molar-refractivity contribution in [1.82, 2.24) is 0 Å². The summed E-state index contributed by atoms with van der Waals surface area (Å²) in [5.41, 5.74) is 0.992. The molecule has 0 saturated heterocycles. The largest absolute Gasteiger partial charge is 0.462 e. The third kappa shape index (κ3) is 7.99. The average molecular weight is 457 g/mol. The Balaban J connectivity index is 1.54. The number of carbonyl (C=O) groups excluding carboxylic acids is 2. The summed E-state index contributed by atoms with van der Waals surface area (Å²) in [5, 5.41) is 9.14. The zero-order chi connectivity index (χ0) is 23.6. The van der Waals surface area contributed by atoms with Gasteiger partial charge in [-0.15, -0.1) is 0 Å². The van der Waals surface area contributed by atoms with Crippen molar-refractivity contribution in [3.05, 3.63) is 48.0 Å². The predicted octanol–water partition coefficient (Wildman–Crippen LogP) is 5.46. The molecular weight excluding hydrogens is 416 g/mol. The molecule has 1 atom stereocenters. The van der Waals surface area contributed by atoms with E-state index in [0.717, 1.165) is 36.2 Å². The molecule has 1 aromatic rings. The maximum absolute atomic E-state index is 12.6. The van der Waals surface area contributed by atoms with Crippen LogP contribution < -0.4 is 0 Å². The maximum Gasteiger partial charge on any atom is 0.335 e. The van der Waals surface area contributed by atoms with Crippen LogP contribution >= 0.6 is 0 Å². The Morgan fingerprint density at radius 2 is 1.58 bits per heavy atom. The Morgan fingerprint density at radius 1 is 0.970 bits per heavy atom. The van der Waals surface area contributed by atoms with E-state index in [4.69, 9.17) is 14.6 Å². The van der Waals surface area contributed by atoms with Crippen LogP contribution in [0.4, 0.5) is 0 Å². The van der Waals surface area contributed by atoms with Crippen LogP contribution in [0.5, 0.6) is 0 Å². The van der Waals surface area contributed by atoms with Crippen molar-refractivity contribution >= 4 is 11.9 Å². The van der Waals surface area contributed by atoms with E-state index in [1.165, 1.54) is 38.5 Å². The van der Waals surface area contributed by atoms with Crippen molar-refractivity contribution in [3.8, 4) is 0 Å². The third-order valence-corrected chi connectivity index (χ3v) is 7.79. The first-order chi connectivity index (χ1) is 16.0. The van der Waals surface area contributed by atoms with Gasteiger partial charge in [0.05, 0.1) is 25.2 Å². The van der Waals surface area contributed by atoms with Crippen LogP contribution in [0.25, 0.3) is 0 Å². The fourth-order valence-electron chi connectivity index (χ4n) is 5.57. The number of rotatable bonds is 10. The van der Waals surface area contributed by atoms with E-state index in [-0.39, 0.29) is 37.1 Å². The zero-order valence-corrected chi connectivity index (χ0v) is 20.0. The summed E-state index contributed by atoms with van der Waals surface area (Å²) in [5.74, 6) is 1.92. The van der Waals surface area contributed by atoms with Crippen LogP contribution in [0, 0.1) is 29.6 Å². The Bertz CT molecular complexity index is 758. The molecule has 1 aromatic carbocycles. The third-order valence-electron chi connectivity index (χ3n) is 7.79. The molecule has 0 bridgehead atoms. The quantitative estimate of drug-likeness (QED) is 0.374. The molecule has 1 unspecified atom stereocenters. The van der Waals surface area contributed by atoms with E-state index in [1.807, 2.05) is 30.3 Å². The Morgan fingerprint density at radius 3 is 2.18 bits per heavy atom. The number of ether oxygens (including phenoxy) is 2. The van der Waals surface area contributed by atoms with Crippen molar-refractivity contribution in [3.63, 3.8) is 0 Å². The standard InChI is InChI=1S/C28H40O5/c1-20-8-10-23(11-9-20)24-12-14-25(15-13-24)26(19-33-28(31)21(2)17-29)16-27(30)32-18-22-6-4-3-5-7-22/h3-7,20,23-26,29H,2,8-19H2,1H3. The van der Waals surface area contributed by atoms with E-state index in [0.29, 0.717) is 5.92 Å². The van der Waals surface area contributed by atoms with E-state index >= 15 is 0 Å². The number of esters is 2. The van der Waals surface area contributed by atoms with Gasteiger partial charge in [-0.1, -0.05) is 56.7 Å². The molecule has 0 aromatic heterocycles. The van der Waals surface area contributed by atoms with Gasteiger partial charge in [-0.25, -0.2) is 4.79 Å². The SMILES string of the molecule is C=C(CO)C(=O)OCC(CC(=O)OCc1ccccc1)C1CCC(C2CCC(C)CC2)CC1. The first-order valence-corrected chi connectivity index (χ1v) is 12.6. The predicted molar refractivity (Wildman–Crippen MR) is 128 cm³/mol. The number of benzene rings is 1. The van der Waals surface area contributed by atoms with Gasteiger partial charge in [0.15, 0.2) is 0 Å². The van der Waals surface area contributed by atoms with Crippen molar-refractivity contribution in [1.29, 1.82) is 0 Å². The Hall–Kier alpha value is -2.14. The average Bonchev–Trinajstić information content (AvgIpc) is 2.85. The lowest BCUT2D eigenvalue weighted by Crippen LogP contribution is -2.31. The highest BCUT2D eigenvalue weighted by atomic mass is 16.5. The molecule has 0 amide bonds. The molecule has 5 heteroatoms. The van der Waals surface area contributed by atoms with Crippen LogP contribution in [0.15, 0.2) is 42.5 Å². The van der Waals surface area contributed by atoms with Gasteiger partial charge in [-0.2, -0.15) is 0 Å². The normalized spacial score (nSPS) is 26.2. The summed E-state index contributed by atoms with van der Waals surface area (Å²) < 4.78 is 10.9. The van der Waals surface area contributed by atoms with Gasteiger partial charge in [-0.3, -0.25) is 4.79 Å². The molecule has 2 aliphatic rings. The topological polar surface area (TPSA) is 72.8 Å². The lowest BCUT2D eigenvalue weighted by molar-refractivity contribution is -0.150. The van der Waals surface area contributed by atoms with E-state index in [1.54, 1.807) is 0 Å². The van der Waals surface area contributed by atoms with Gasteiger partial charge in [0.2, 0.25) is 0 Å². The summed E-state index contributed by atoms with van der Waals surface area (Å²) in [4.78, 5) is 24.7. The molecular formula is C28H40O5. The number of carbonyl (C=O) groups is 2. The fraction of sp³-hybridized carbons (Fsp3) is 0.643. The molecule has 182 valence electrons. The molecule has 1 N–H and O–H groups in total. The molecule has 0 heterocycles. The minimum Gasteiger partial charge on any atom is -0.462 e. The van der Waals surface area contributed by atoms with E-state index in [9.17, 15) is 9.59 Å². The summed E-state index contributed by atoms with van der Waals surface area (Å²) in [6.07, 6.45) is 10.2. The van der Waals surface area contributed by atoms with Crippen LogP contribution in [-0.2, 0) is 25.7 Å².